The zero-order chi connectivity index (χ0) is 16.2. The molecule has 0 amide bonds. The molecule has 0 bridgehead atoms. The van der Waals surface area contributed by atoms with Crippen LogP contribution in [0.15, 0.2) is 61.1 Å². The minimum absolute atomic E-state index is 0.395. The van der Waals surface area contributed by atoms with E-state index in [0.29, 0.717) is 11.8 Å². The maximum Gasteiger partial charge on any atom is 0.206 e. The first-order chi connectivity index (χ1) is 11.9. The van der Waals surface area contributed by atoms with E-state index in [-0.39, 0.29) is 0 Å². The van der Waals surface area contributed by atoms with Gasteiger partial charge in [-0.3, -0.25) is 4.99 Å². The van der Waals surface area contributed by atoms with Crippen LogP contribution in [0.2, 0.25) is 0 Å². The highest BCUT2D eigenvalue weighted by molar-refractivity contribution is 7.07. The lowest BCUT2D eigenvalue weighted by molar-refractivity contribution is 0.435. The van der Waals surface area contributed by atoms with Crippen LogP contribution in [0.4, 0.5) is 0 Å². The zero-order valence-corrected chi connectivity index (χ0v) is 14.1. The number of aromatic nitrogens is 1. The van der Waals surface area contributed by atoms with Crippen molar-refractivity contribution in [3.8, 4) is 11.5 Å². The molecule has 0 N–H and O–H groups in total. The van der Waals surface area contributed by atoms with E-state index in [2.05, 4.69) is 5.10 Å². The van der Waals surface area contributed by atoms with Crippen molar-refractivity contribution in [1.29, 1.82) is 0 Å². The third-order valence-electron chi connectivity index (χ3n) is 4.17. The highest BCUT2D eigenvalue weighted by Crippen LogP contribution is 2.22. The summed E-state index contributed by atoms with van der Waals surface area (Å²) in [6.07, 6.45) is 11.2. The Morgan fingerprint density at radius 3 is 2.67 bits per heavy atom. The molecule has 6 heteroatoms. The average molecular weight is 341 g/mol. The van der Waals surface area contributed by atoms with Crippen molar-refractivity contribution in [2.24, 2.45) is 10.1 Å². The summed E-state index contributed by atoms with van der Waals surface area (Å²) < 4.78 is 12.7. The third-order valence-corrected chi connectivity index (χ3v) is 5.00. The van der Waals surface area contributed by atoms with Gasteiger partial charge in [0.25, 0.3) is 0 Å². The summed E-state index contributed by atoms with van der Waals surface area (Å²) in [6.45, 7) is 0. The van der Waals surface area contributed by atoms with Crippen LogP contribution in [0.3, 0.4) is 0 Å². The van der Waals surface area contributed by atoms with Crippen LogP contribution in [0.1, 0.15) is 37.9 Å². The molecule has 24 heavy (non-hydrogen) atoms. The van der Waals surface area contributed by atoms with Crippen molar-refractivity contribution in [2.75, 3.05) is 0 Å². The lowest BCUT2D eigenvalue weighted by atomic mass is 9.96. The van der Waals surface area contributed by atoms with E-state index in [1.807, 2.05) is 34.3 Å². The number of hydrogen-bond donors (Lipinski definition) is 0. The lowest BCUT2D eigenvalue weighted by Crippen LogP contribution is -2.18. The van der Waals surface area contributed by atoms with Crippen LogP contribution in [0, 0.1) is 0 Å². The summed E-state index contributed by atoms with van der Waals surface area (Å²) in [7, 11) is 0. The quantitative estimate of drug-likeness (QED) is 0.655. The SMILES string of the molecule is C(=Nn1c(-c2ccco2)csc1=NC1CCCCC1)c1ccco1. The fourth-order valence-electron chi connectivity index (χ4n) is 2.94. The Balaban J connectivity index is 1.74. The molecule has 0 unspecified atom stereocenters. The van der Waals surface area contributed by atoms with Gasteiger partial charge in [0.1, 0.15) is 11.5 Å². The largest absolute Gasteiger partial charge is 0.463 e. The van der Waals surface area contributed by atoms with Gasteiger partial charge in [0.05, 0.1) is 24.8 Å². The first-order valence-corrected chi connectivity index (χ1v) is 9.14. The van der Waals surface area contributed by atoms with Gasteiger partial charge in [-0.15, -0.1) is 11.3 Å². The standard InChI is InChI=1S/C18H19N3O2S/c1-2-6-14(7-3-1)20-18-21(19-12-15-8-4-10-22-15)16(13-24-18)17-9-5-11-23-17/h4-5,8-14H,1-3,6-7H2. The molecule has 0 spiro atoms. The first kappa shape index (κ1) is 15.2. The summed E-state index contributed by atoms with van der Waals surface area (Å²) in [4.78, 5) is 5.84. The van der Waals surface area contributed by atoms with Crippen molar-refractivity contribution in [1.82, 2.24) is 4.68 Å². The Hall–Kier alpha value is -2.34. The van der Waals surface area contributed by atoms with E-state index in [9.17, 15) is 0 Å². The molecule has 1 saturated carbocycles. The molecule has 0 aromatic carbocycles. The van der Waals surface area contributed by atoms with E-state index in [1.165, 1.54) is 19.3 Å². The third kappa shape index (κ3) is 3.28. The fourth-order valence-corrected chi connectivity index (χ4v) is 3.83. The van der Waals surface area contributed by atoms with Crippen LogP contribution in [0.5, 0.6) is 0 Å². The molecule has 0 saturated heterocycles. The molecule has 0 aliphatic heterocycles. The summed E-state index contributed by atoms with van der Waals surface area (Å²) in [6, 6.07) is 7.94. The van der Waals surface area contributed by atoms with E-state index >= 15 is 0 Å². The van der Waals surface area contributed by atoms with Crippen LogP contribution in [-0.2, 0) is 0 Å². The van der Waals surface area contributed by atoms with Crippen LogP contribution >= 0.6 is 11.3 Å². The van der Waals surface area contributed by atoms with Crippen LogP contribution in [-0.4, -0.2) is 16.9 Å². The Labute approximate surface area is 144 Å². The van der Waals surface area contributed by atoms with Crippen LogP contribution < -0.4 is 4.80 Å². The molecule has 3 heterocycles. The molecular weight excluding hydrogens is 322 g/mol. The lowest BCUT2D eigenvalue weighted by Gasteiger charge is -2.16. The average Bonchev–Trinajstić information content (AvgIpc) is 3.36. The zero-order valence-electron chi connectivity index (χ0n) is 13.3. The van der Waals surface area contributed by atoms with Gasteiger partial charge in [0, 0.05) is 5.38 Å². The molecule has 5 nitrogen and oxygen atoms in total. The number of hydrogen-bond acceptors (Lipinski definition) is 5. The van der Waals surface area contributed by atoms with Crippen molar-refractivity contribution >= 4 is 17.6 Å². The first-order valence-electron chi connectivity index (χ1n) is 8.26. The topological polar surface area (TPSA) is 55.9 Å². The van der Waals surface area contributed by atoms with Crippen molar-refractivity contribution < 1.29 is 8.83 Å². The van der Waals surface area contributed by atoms with Crippen molar-refractivity contribution in [3.63, 3.8) is 0 Å². The Morgan fingerprint density at radius 2 is 1.92 bits per heavy atom. The maximum atomic E-state index is 5.55. The van der Waals surface area contributed by atoms with Crippen molar-refractivity contribution in [3.05, 3.63) is 52.7 Å². The number of nitrogens with zero attached hydrogens (tertiary/aromatic N) is 3. The maximum absolute atomic E-state index is 5.55. The Morgan fingerprint density at radius 1 is 1.08 bits per heavy atom. The van der Waals surface area contributed by atoms with E-state index in [1.54, 1.807) is 30.1 Å². The van der Waals surface area contributed by atoms with E-state index < -0.39 is 0 Å². The second kappa shape index (κ2) is 7.05. The Kier molecular flexibility index (Phi) is 4.46. The summed E-state index contributed by atoms with van der Waals surface area (Å²) in [5.74, 6) is 1.50. The highest BCUT2D eigenvalue weighted by Gasteiger charge is 2.14. The number of furan rings is 2. The fraction of sp³-hybridized carbons (Fsp3) is 0.333. The van der Waals surface area contributed by atoms with Gasteiger partial charge in [-0.25, -0.2) is 4.68 Å². The summed E-state index contributed by atoms with van der Waals surface area (Å²) >= 11 is 1.60. The van der Waals surface area contributed by atoms with Gasteiger partial charge in [0.2, 0.25) is 4.80 Å². The highest BCUT2D eigenvalue weighted by atomic mass is 32.1. The molecule has 1 fully saturated rings. The van der Waals surface area contributed by atoms with E-state index in [0.717, 1.165) is 29.1 Å². The summed E-state index contributed by atoms with van der Waals surface area (Å²) in [5, 5.41) is 6.63. The second-order valence-corrected chi connectivity index (χ2v) is 6.71. The van der Waals surface area contributed by atoms with Gasteiger partial charge >= 0.3 is 0 Å². The van der Waals surface area contributed by atoms with Gasteiger partial charge in [-0.2, -0.15) is 5.10 Å². The van der Waals surface area contributed by atoms with Gasteiger partial charge < -0.3 is 8.83 Å². The minimum Gasteiger partial charge on any atom is -0.463 e. The molecule has 124 valence electrons. The molecule has 4 rings (SSSR count). The molecule has 3 aromatic rings. The molecule has 1 aliphatic carbocycles. The predicted octanol–water partition coefficient (Wildman–Crippen LogP) is 4.52. The molecular formula is C18H19N3O2S. The van der Waals surface area contributed by atoms with Gasteiger partial charge in [-0.05, 0) is 37.1 Å². The molecule has 1 aliphatic rings. The van der Waals surface area contributed by atoms with Crippen LogP contribution in [0.25, 0.3) is 11.5 Å². The van der Waals surface area contributed by atoms with Crippen molar-refractivity contribution in [2.45, 2.75) is 38.1 Å². The second-order valence-electron chi connectivity index (χ2n) is 5.87. The molecule has 0 atom stereocenters. The predicted molar refractivity (Wildman–Crippen MR) is 94.1 cm³/mol. The number of rotatable bonds is 4. The van der Waals surface area contributed by atoms with Gasteiger partial charge in [-0.1, -0.05) is 19.3 Å². The summed E-state index contributed by atoms with van der Waals surface area (Å²) in [5.41, 5.74) is 0.905. The monoisotopic (exact) mass is 341 g/mol. The Bertz CT molecular complexity index is 851. The smallest absolute Gasteiger partial charge is 0.206 e. The normalized spacial score (nSPS) is 17.1. The minimum atomic E-state index is 0.395. The van der Waals surface area contributed by atoms with Gasteiger partial charge in [0.15, 0.2) is 5.76 Å². The van der Waals surface area contributed by atoms with E-state index in [4.69, 9.17) is 13.8 Å². The number of thiazole rings is 1. The molecule has 0 radical (unpaired) electrons. The molecule has 3 aromatic heterocycles.